The number of benzene rings is 3. The average Bonchev–Trinajstić information content (AvgIpc) is 2.76. The summed E-state index contributed by atoms with van der Waals surface area (Å²) >= 11 is 0. The summed E-state index contributed by atoms with van der Waals surface area (Å²) in [5, 5.41) is 2.85. The third-order valence-corrected chi connectivity index (χ3v) is 6.67. The van der Waals surface area contributed by atoms with Crippen molar-refractivity contribution in [2.75, 3.05) is 23.7 Å². The van der Waals surface area contributed by atoms with Gasteiger partial charge in [-0.25, -0.2) is 8.42 Å². The first-order valence-corrected chi connectivity index (χ1v) is 13.0. The minimum Gasteiger partial charge on any atom is -0.491 e. The van der Waals surface area contributed by atoms with Gasteiger partial charge in [0.25, 0.3) is 5.91 Å². The van der Waals surface area contributed by atoms with E-state index >= 15 is 0 Å². The number of hydrogen-bond acceptors (Lipinski definition) is 4. The third-order valence-electron chi connectivity index (χ3n) is 5.54. The SMILES string of the molecule is Cc1ccc(OCCNC(=O)c2ccc(CN(c3ccc(C)cc3C)S(C)(=O)=O)cc2)c(C)c1. The van der Waals surface area contributed by atoms with Crippen LogP contribution in [0.3, 0.4) is 0 Å². The van der Waals surface area contributed by atoms with Crippen LogP contribution in [-0.2, 0) is 16.6 Å². The monoisotopic (exact) mass is 480 g/mol. The van der Waals surface area contributed by atoms with E-state index in [1.54, 1.807) is 24.3 Å². The van der Waals surface area contributed by atoms with Crippen molar-refractivity contribution in [2.24, 2.45) is 0 Å². The maximum atomic E-state index is 12.5. The molecular weight excluding hydrogens is 448 g/mol. The molecule has 0 spiro atoms. The molecule has 0 aliphatic rings. The van der Waals surface area contributed by atoms with Crippen molar-refractivity contribution >= 4 is 21.6 Å². The number of sulfonamides is 1. The Morgan fingerprint density at radius 1 is 0.882 bits per heavy atom. The van der Waals surface area contributed by atoms with Gasteiger partial charge in [-0.05, 0) is 68.7 Å². The van der Waals surface area contributed by atoms with Gasteiger partial charge >= 0.3 is 0 Å². The number of carbonyl (C=O) groups excluding carboxylic acids is 1. The van der Waals surface area contributed by atoms with Crippen molar-refractivity contribution < 1.29 is 17.9 Å². The van der Waals surface area contributed by atoms with E-state index in [2.05, 4.69) is 11.4 Å². The van der Waals surface area contributed by atoms with Crippen LogP contribution in [0.15, 0.2) is 60.7 Å². The van der Waals surface area contributed by atoms with Gasteiger partial charge < -0.3 is 10.1 Å². The molecule has 0 aliphatic heterocycles. The smallest absolute Gasteiger partial charge is 0.251 e. The number of nitrogens with one attached hydrogen (secondary N) is 1. The summed E-state index contributed by atoms with van der Waals surface area (Å²) in [6, 6.07) is 18.6. The van der Waals surface area contributed by atoms with Gasteiger partial charge in [0.05, 0.1) is 25.0 Å². The first-order chi connectivity index (χ1) is 16.0. The molecule has 1 N–H and O–H groups in total. The van der Waals surface area contributed by atoms with E-state index in [1.165, 1.54) is 16.1 Å². The summed E-state index contributed by atoms with van der Waals surface area (Å²) in [6.45, 7) is 8.83. The molecule has 6 nitrogen and oxygen atoms in total. The first-order valence-electron chi connectivity index (χ1n) is 11.2. The Labute approximate surface area is 202 Å². The van der Waals surface area contributed by atoms with Gasteiger partial charge in [0, 0.05) is 5.56 Å². The maximum absolute atomic E-state index is 12.5. The van der Waals surface area contributed by atoms with E-state index in [0.29, 0.717) is 24.4 Å². The molecule has 3 aromatic rings. The Hall–Kier alpha value is -3.32. The number of rotatable bonds is 9. The van der Waals surface area contributed by atoms with Gasteiger partial charge in [-0.2, -0.15) is 0 Å². The maximum Gasteiger partial charge on any atom is 0.251 e. The van der Waals surface area contributed by atoms with Crippen LogP contribution in [0.2, 0.25) is 0 Å². The molecule has 0 fully saturated rings. The standard InChI is InChI=1S/C27H32N2O4S/c1-19-6-12-25(21(3)16-19)29(34(5,31)32)18-23-8-10-24(11-9-23)27(30)28-14-15-33-26-13-7-20(2)17-22(26)4/h6-13,16-17H,14-15,18H2,1-5H3,(H,28,30). The predicted octanol–water partition coefficient (Wildman–Crippen LogP) is 4.70. The summed E-state index contributed by atoms with van der Waals surface area (Å²) in [4.78, 5) is 12.5. The van der Waals surface area contributed by atoms with E-state index < -0.39 is 10.0 Å². The number of anilines is 1. The highest BCUT2D eigenvalue weighted by molar-refractivity contribution is 7.92. The lowest BCUT2D eigenvalue weighted by molar-refractivity contribution is 0.0947. The average molecular weight is 481 g/mol. The molecule has 34 heavy (non-hydrogen) atoms. The van der Waals surface area contributed by atoms with E-state index in [9.17, 15) is 13.2 Å². The van der Waals surface area contributed by atoms with Crippen LogP contribution in [0, 0.1) is 27.7 Å². The molecule has 0 atom stereocenters. The molecule has 0 saturated heterocycles. The topological polar surface area (TPSA) is 75.7 Å². The Kier molecular flexibility index (Phi) is 7.99. The van der Waals surface area contributed by atoms with E-state index in [0.717, 1.165) is 28.0 Å². The summed E-state index contributed by atoms with van der Waals surface area (Å²) in [5.41, 5.74) is 6.15. The molecule has 0 radical (unpaired) electrons. The summed E-state index contributed by atoms with van der Waals surface area (Å²) in [6.07, 6.45) is 1.20. The summed E-state index contributed by atoms with van der Waals surface area (Å²) in [7, 11) is -3.48. The minimum absolute atomic E-state index is 0.189. The summed E-state index contributed by atoms with van der Waals surface area (Å²) in [5.74, 6) is 0.605. The van der Waals surface area contributed by atoms with Crippen LogP contribution in [-0.4, -0.2) is 33.7 Å². The second-order valence-corrected chi connectivity index (χ2v) is 10.5. The normalized spacial score (nSPS) is 11.2. The number of amides is 1. The summed E-state index contributed by atoms with van der Waals surface area (Å²) < 4.78 is 32.1. The van der Waals surface area contributed by atoms with Crippen molar-refractivity contribution in [3.05, 3.63) is 94.0 Å². The number of carbonyl (C=O) groups is 1. The zero-order valence-electron chi connectivity index (χ0n) is 20.4. The zero-order valence-corrected chi connectivity index (χ0v) is 21.2. The van der Waals surface area contributed by atoms with Crippen LogP contribution >= 0.6 is 0 Å². The predicted molar refractivity (Wildman–Crippen MR) is 137 cm³/mol. The van der Waals surface area contributed by atoms with Gasteiger partial charge in [-0.3, -0.25) is 9.10 Å². The van der Waals surface area contributed by atoms with Crippen LogP contribution in [0.1, 0.15) is 38.2 Å². The molecule has 3 aromatic carbocycles. The molecule has 0 heterocycles. The van der Waals surface area contributed by atoms with Crippen molar-refractivity contribution in [3.63, 3.8) is 0 Å². The Morgan fingerprint density at radius 2 is 1.50 bits per heavy atom. The number of aryl methyl sites for hydroxylation is 4. The van der Waals surface area contributed by atoms with E-state index in [4.69, 9.17) is 4.74 Å². The lowest BCUT2D eigenvalue weighted by atomic mass is 10.1. The molecule has 3 rings (SSSR count). The first kappa shape index (κ1) is 25.3. The molecule has 0 aromatic heterocycles. The number of hydrogen-bond donors (Lipinski definition) is 1. The van der Waals surface area contributed by atoms with Gasteiger partial charge in [-0.15, -0.1) is 0 Å². The minimum atomic E-state index is -3.48. The molecule has 0 saturated carbocycles. The van der Waals surface area contributed by atoms with Crippen molar-refractivity contribution in [1.82, 2.24) is 5.32 Å². The molecule has 180 valence electrons. The molecule has 0 aliphatic carbocycles. The fraction of sp³-hybridized carbons (Fsp3) is 0.296. The third kappa shape index (κ3) is 6.60. The molecule has 0 bridgehead atoms. The molecular formula is C27H32N2O4S. The Morgan fingerprint density at radius 3 is 2.09 bits per heavy atom. The number of ether oxygens (including phenoxy) is 1. The highest BCUT2D eigenvalue weighted by Crippen LogP contribution is 2.25. The second kappa shape index (κ2) is 10.7. The quantitative estimate of drug-likeness (QED) is 0.451. The second-order valence-electron chi connectivity index (χ2n) is 8.63. The lowest BCUT2D eigenvalue weighted by Gasteiger charge is -2.24. The van der Waals surface area contributed by atoms with Crippen LogP contribution in [0.5, 0.6) is 5.75 Å². The van der Waals surface area contributed by atoms with Crippen LogP contribution in [0.4, 0.5) is 5.69 Å². The van der Waals surface area contributed by atoms with Crippen LogP contribution < -0.4 is 14.4 Å². The highest BCUT2D eigenvalue weighted by Gasteiger charge is 2.20. The van der Waals surface area contributed by atoms with Crippen molar-refractivity contribution in [2.45, 2.75) is 34.2 Å². The van der Waals surface area contributed by atoms with Crippen molar-refractivity contribution in [3.8, 4) is 5.75 Å². The number of nitrogens with zero attached hydrogens (tertiary/aromatic N) is 1. The molecule has 7 heteroatoms. The van der Waals surface area contributed by atoms with E-state index in [1.807, 2.05) is 58.0 Å². The Balaban J connectivity index is 1.60. The Bertz CT molecular complexity index is 1270. The van der Waals surface area contributed by atoms with Crippen molar-refractivity contribution in [1.29, 1.82) is 0 Å². The van der Waals surface area contributed by atoms with Gasteiger partial charge in [0.15, 0.2) is 0 Å². The van der Waals surface area contributed by atoms with Gasteiger partial charge in [0.2, 0.25) is 10.0 Å². The van der Waals surface area contributed by atoms with Gasteiger partial charge in [-0.1, -0.05) is 47.5 Å². The molecule has 1 amide bonds. The fourth-order valence-corrected chi connectivity index (χ4v) is 4.73. The fourth-order valence-electron chi connectivity index (χ4n) is 3.78. The lowest BCUT2D eigenvalue weighted by Crippen LogP contribution is -2.30. The van der Waals surface area contributed by atoms with Gasteiger partial charge in [0.1, 0.15) is 12.4 Å². The zero-order chi connectivity index (χ0) is 24.9. The van der Waals surface area contributed by atoms with E-state index in [-0.39, 0.29) is 12.5 Å². The van der Waals surface area contributed by atoms with Crippen LogP contribution in [0.25, 0.3) is 0 Å². The molecule has 0 unspecified atom stereocenters. The largest absolute Gasteiger partial charge is 0.491 e. The highest BCUT2D eigenvalue weighted by atomic mass is 32.2.